The Morgan fingerprint density at radius 2 is 2.33 bits per heavy atom. The van der Waals surface area contributed by atoms with Crippen LogP contribution < -0.4 is 5.73 Å². The van der Waals surface area contributed by atoms with E-state index < -0.39 is 12.0 Å². The first kappa shape index (κ1) is 17.1. The predicted octanol–water partition coefficient (Wildman–Crippen LogP) is 1.90. The van der Waals surface area contributed by atoms with Crippen molar-refractivity contribution in [2.24, 2.45) is 10.8 Å². The van der Waals surface area contributed by atoms with Crippen LogP contribution in [-0.4, -0.2) is 35.2 Å². The van der Waals surface area contributed by atoms with Crippen molar-refractivity contribution in [2.75, 3.05) is 12.8 Å². The maximum Gasteiger partial charge on any atom is 0.320 e. The molecule has 0 rings (SSSR count). The fraction of sp³-hybridized carbons (Fsp3) is 0.833. The molecule has 0 saturated carbocycles. The highest BCUT2D eigenvalue weighted by Gasteiger charge is 2.18. The van der Waals surface area contributed by atoms with E-state index >= 15 is 0 Å². The summed E-state index contributed by atoms with van der Waals surface area (Å²) in [6.07, 6.45) is 2.18. The van der Waals surface area contributed by atoms with Crippen LogP contribution >= 0.6 is 34.0 Å². The van der Waals surface area contributed by atoms with Crippen molar-refractivity contribution < 1.29 is 9.90 Å². The molecule has 0 spiro atoms. The van der Waals surface area contributed by atoms with E-state index in [0.717, 1.165) is 0 Å². The van der Waals surface area contributed by atoms with Crippen molar-refractivity contribution in [3.63, 3.8) is 0 Å². The van der Waals surface area contributed by atoms with Gasteiger partial charge in [0.1, 0.15) is 6.04 Å². The molecule has 15 heavy (non-hydrogen) atoms. The molecule has 6 nitrogen and oxygen atoms in total. The highest BCUT2D eigenvalue weighted by Crippen LogP contribution is 2.27. The summed E-state index contributed by atoms with van der Waals surface area (Å²) < 4.78 is 0. The normalized spacial score (nSPS) is 13.2. The van der Waals surface area contributed by atoms with E-state index in [4.69, 9.17) is 16.4 Å². The van der Waals surface area contributed by atoms with Crippen LogP contribution in [-0.2, 0) is 4.79 Å². The second-order valence-electron chi connectivity index (χ2n) is 2.48. The van der Waals surface area contributed by atoms with Gasteiger partial charge < -0.3 is 10.8 Å². The molecule has 0 aliphatic carbocycles. The van der Waals surface area contributed by atoms with E-state index in [-0.39, 0.29) is 24.2 Å². The Morgan fingerprint density at radius 3 is 2.73 bits per heavy atom. The summed E-state index contributed by atoms with van der Waals surface area (Å²) in [6.45, 7) is 0.267. The van der Waals surface area contributed by atoms with Gasteiger partial charge in [-0.15, -0.1) is 12.4 Å². The van der Waals surface area contributed by atoms with Gasteiger partial charge in [0.15, 0.2) is 0 Å². The van der Waals surface area contributed by atoms with Crippen LogP contribution in [0.1, 0.15) is 6.42 Å². The summed E-state index contributed by atoms with van der Waals surface area (Å²) in [5.41, 5.74) is 13.5. The van der Waals surface area contributed by atoms with E-state index in [1.165, 1.54) is 21.6 Å². The van der Waals surface area contributed by atoms with Gasteiger partial charge in [0, 0.05) is 16.7 Å². The maximum absolute atomic E-state index is 10.5. The number of nitrogens with two attached hydrogens (primary N) is 1. The summed E-state index contributed by atoms with van der Waals surface area (Å²) in [4.78, 5) is 13.1. The van der Waals surface area contributed by atoms with Gasteiger partial charge in [-0.1, -0.05) is 26.7 Å². The Hall–Kier alpha value is -0.270. The average Bonchev–Trinajstić information content (AvgIpc) is 2.14. The molecule has 0 aromatic rings. The van der Waals surface area contributed by atoms with Gasteiger partial charge in [0.2, 0.25) is 0 Å². The Kier molecular flexibility index (Phi) is 11.7. The molecule has 2 atom stereocenters. The highest BCUT2D eigenvalue weighted by atomic mass is 35.5. The molecule has 0 fully saturated rings. The highest BCUT2D eigenvalue weighted by molar-refractivity contribution is 8.76. The van der Waals surface area contributed by atoms with Gasteiger partial charge in [-0.25, -0.2) is 0 Å². The lowest BCUT2D eigenvalue weighted by Gasteiger charge is -2.14. The Balaban J connectivity index is 0. The second-order valence-corrected chi connectivity index (χ2v) is 5.25. The zero-order valence-electron chi connectivity index (χ0n) is 8.07. The first-order valence-corrected chi connectivity index (χ1v) is 6.42. The third-order valence-electron chi connectivity index (χ3n) is 1.41. The Bertz CT molecular complexity index is 237. The minimum absolute atomic E-state index is 0. The lowest BCUT2D eigenvalue weighted by molar-refractivity contribution is -0.138. The standard InChI is InChI=1S/C6H12N4O2S2.ClH/c1-13-14-4(3-9-10-8)2-5(7)6(11)12;/h4-5H,2-3,7H2,1H3,(H,11,12);1H/t4?,5-;/m0./s1. The topological polar surface area (TPSA) is 112 Å². The van der Waals surface area contributed by atoms with Gasteiger partial charge in [0.05, 0.1) is 0 Å². The van der Waals surface area contributed by atoms with Crippen molar-refractivity contribution in [3.8, 4) is 0 Å². The molecule has 0 aliphatic rings. The van der Waals surface area contributed by atoms with Crippen molar-refractivity contribution in [3.05, 3.63) is 10.4 Å². The van der Waals surface area contributed by atoms with Crippen LogP contribution in [0, 0.1) is 0 Å². The fourth-order valence-corrected chi connectivity index (χ4v) is 2.71. The number of azide groups is 1. The fourth-order valence-electron chi connectivity index (χ4n) is 0.792. The van der Waals surface area contributed by atoms with Crippen LogP contribution in [0.25, 0.3) is 10.4 Å². The van der Waals surface area contributed by atoms with E-state index in [0.29, 0.717) is 6.42 Å². The molecule has 0 amide bonds. The molecule has 0 aromatic heterocycles. The van der Waals surface area contributed by atoms with Crippen molar-refractivity contribution in [1.82, 2.24) is 0 Å². The van der Waals surface area contributed by atoms with E-state index in [9.17, 15) is 4.79 Å². The summed E-state index contributed by atoms with van der Waals surface area (Å²) in [7, 11) is 2.97. The van der Waals surface area contributed by atoms with Crippen LogP contribution in [0.4, 0.5) is 0 Å². The molecular formula is C6H13ClN4O2S2. The molecule has 9 heteroatoms. The molecular weight excluding hydrogens is 260 g/mol. The largest absolute Gasteiger partial charge is 0.480 e. The lowest BCUT2D eigenvalue weighted by Crippen LogP contribution is -2.33. The van der Waals surface area contributed by atoms with Crippen molar-refractivity contribution >= 4 is 40.0 Å². The van der Waals surface area contributed by atoms with Gasteiger partial charge in [-0.05, 0) is 18.2 Å². The number of halogens is 1. The minimum Gasteiger partial charge on any atom is -0.480 e. The SMILES string of the molecule is CSSC(CN=[N+]=[N-])C[C@H](N)C(=O)O.Cl. The number of carboxylic acids is 1. The summed E-state index contributed by atoms with van der Waals surface area (Å²) in [6, 6.07) is -0.895. The zero-order chi connectivity index (χ0) is 11.0. The van der Waals surface area contributed by atoms with Crippen LogP contribution in [0.5, 0.6) is 0 Å². The second kappa shape index (κ2) is 10.3. The van der Waals surface area contributed by atoms with E-state index in [2.05, 4.69) is 10.0 Å². The molecule has 3 N–H and O–H groups in total. The van der Waals surface area contributed by atoms with E-state index in [1.54, 1.807) is 0 Å². The van der Waals surface area contributed by atoms with Crippen LogP contribution in [0.15, 0.2) is 5.11 Å². The number of nitrogens with zero attached hydrogens (tertiary/aromatic N) is 3. The Morgan fingerprint density at radius 1 is 1.73 bits per heavy atom. The lowest BCUT2D eigenvalue weighted by atomic mass is 10.2. The molecule has 1 unspecified atom stereocenters. The molecule has 0 aliphatic heterocycles. The molecule has 0 heterocycles. The number of aliphatic carboxylic acids is 1. The van der Waals surface area contributed by atoms with Crippen molar-refractivity contribution in [2.45, 2.75) is 17.7 Å². The van der Waals surface area contributed by atoms with Crippen LogP contribution in [0.2, 0.25) is 0 Å². The smallest absolute Gasteiger partial charge is 0.320 e. The van der Waals surface area contributed by atoms with Gasteiger partial charge in [-0.2, -0.15) is 0 Å². The summed E-state index contributed by atoms with van der Waals surface area (Å²) >= 11 is 0. The monoisotopic (exact) mass is 272 g/mol. The number of hydrogen-bond donors (Lipinski definition) is 2. The molecule has 88 valence electrons. The van der Waals surface area contributed by atoms with Gasteiger partial charge >= 0.3 is 5.97 Å². The third-order valence-corrected chi connectivity index (χ3v) is 3.61. The first-order valence-electron chi connectivity index (χ1n) is 3.80. The predicted molar refractivity (Wildman–Crippen MR) is 66.4 cm³/mol. The molecule has 0 saturated heterocycles. The van der Waals surface area contributed by atoms with Crippen molar-refractivity contribution in [1.29, 1.82) is 0 Å². The number of carbonyl (C=O) groups is 1. The van der Waals surface area contributed by atoms with Gasteiger partial charge in [-0.3, -0.25) is 4.79 Å². The minimum atomic E-state index is -1.03. The number of carboxylic acid groups (broad SMARTS) is 1. The zero-order valence-corrected chi connectivity index (χ0v) is 10.5. The maximum atomic E-state index is 10.5. The average molecular weight is 273 g/mol. The first-order chi connectivity index (χ1) is 6.61. The molecule has 0 radical (unpaired) electrons. The summed E-state index contributed by atoms with van der Waals surface area (Å²) in [5, 5.41) is 11.9. The number of rotatable bonds is 7. The number of hydrogen-bond acceptors (Lipinski definition) is 5. The summed E-state index contributed by atoms with van der Waals surface area (Å²) in [5.74, 6) is -1.03. The van der Waals surface area contributed by atoms with Crippen LogP contribution in [0.3, 0.4) is 0 Å². The van der Waals surface area contributed by atoms with Gasteiger partial charge in [0.25, 0.3) is 0 Å². The molecule has 0 aromatic carbocycles. The quantitative estimate of drug-likeness (QED) is 0.318. The third kappa shape index (κ3) is 8.71. The Labute approximate surface area is 102 Å². The van der Waals surface area contributed by atoms with E-state index in [1.807, 2.05) is 6.26 Å². The molecule has 0 bridgehead atoms.